The number of amides is 1. The zero-order valence-electron chi connectivity index (χ0n) is 14.7. The maximum Gasteiger partial charge on any atom is 0.224 e. The molecule has 6 heteroatoms. The minimum absolute atomic E-state index is 0.295. The largest absolute Gasteiger partial charge is 0.335 e. The van der Waals surface area contributed by atoms with Crippen LogP contribution in [0.1, 0.15) is 43.5 Å². The smallest absolute Gasteiger partial charge is 0.224 e. The molecule has 4 rings (SSSR count). The Bertz CT molecular complexity index is 609. The highest BCUT2D eigenvalue weighted by Gasteiger charge is 2.38. The molecule has 6 nitrogen and oxygen atoms in total. The van der Waals surface area contributed by atoms with Crippen molar-refractivity contribution in [2.24, 2.45) is 11.7 Å². The van der Waals surface area contributed by atoms with E-state index in [-0.39, 0.29) is 0 Å². The first-order valence-corrected chi connectivity index (χ1v) is 9.41. The number of likely N-dealkylation sites (tertiary alicyclic amines) is 1. The van der Waals surface area contributed by atoms with E-state index in [2.05, 4.69) is 16.1 Å². The van der Waals surface area contributed by atoms with Gasteiger partial charge in [-0.25, -0.2) is 0 Å². The maximum absolute atomic E-state index is 12.9. The van der Waals surface area contributed by atoms with Gasteiger partial charge in [-0.3, -0.25) is 14.4 Å². The van der Waals surface area contributed by atoms with Crippen LogP contribution in [0.25, 0.3) is 0 Å². The Morgan fingerprint density at radius 3 is 2.79 bits per heavy atom. The number of hydrogen-bond donors (Lipinski definition) is 1. The Labute approximate surface area is 144 Å². The Morgan fingerprint density at radius 1 is 1.25 bits per heavy atom. The van der Waals surface area contributed by atoms with E-state index in [1.165, 1.54) is 12.8 Å². The number of aromatic nitrogens is 2. The fourth-order valence-corrected chi connectivity index (χ4v) is 4.34. The average Bonchev–Trinajstić information content (AvgIpc) is 3.19. The molecule has 0 aromatic carbocycles. The molecule has 3 heterocycles. The van der Waals surface area contributed by atoms with Gasteiger partial charge in [0.2, 0.25) is 5.91 Å². The van der Waals surface area contributed by atoms with Gasteiger partial charge in [-0.2, -0.15) is 5.10 Å². The summed E-state index contributed by atoms with van der Waals surface area (Å²) >= 11 is 0. The van der Waals surface area contributed by atoms with Gasteiger partial charge in [0.25, 0.3) is 0 Å². The average molecular weight is 331 g/mol. The molecule has 3 aliphatic rings. The van der Waals surface area contributed by atoms with E-state index in [0.29, 0.717) is 31.0 Å². The summed E-state index contributed by atoms with van der Waals surface area (Å²) in [4.78, 5) is 17.4. The zero-order chi connectivity index (χ0) is 16.7. The summed E-state index contributed by atoms with van der Waals surface area (Å²) in [7, 11) is 0. The van der Waals surface area contributed by atoms with Crippen LogP contribution in [-0.4, -0.2) is 57.2 Å². The first-order chi connectivity index (χ1) is 11.6. The van der Waals surface area contributed by atoms with E-state index in [1.54, 1.807) is 0 Å². The van der Waals surface area contributed by atoms with Crippen LogP contribution in [0.2, 0.25) is 0 Å². The summed E-state index contributed by atoms with van der Waals surface area (Å²) < 4.78 is 2.04. The van der Waals surface area contributed by atoms with Crippen molar-refractivity contribution >= 4 is 5.91 Å². The highest BCUT2D eigenvalue weighted by molar-refractivity contribution is 5.77. The quantitative estimate of drug-likeness (QED) is 0.878. The van der Waals surface area contributed by atoms with Crippen molar-refractivity contribution < 1.29 is 4.79 Å². The molecule has 132 valence electrons. The van der Waals surface area contributed by atoms with Crippen LogP contribution >= 0.6 is 0 Å². The zero-order valence-corrected chi connectivity index (χ0v) is 14.7. The number of rotatable bonds is 5. The van der Waals surface area contributed by atoms with E-state index in [9.17, 15) is 4.79 Å². The van der Waals surface area contributed by atoms with Gasteiger partial charge in [-0.05, 0) is 44.6 Å². The molecule has 0 unspecified atom stereocenters. The lowest BCUT2D eigenvalue weighted by Crippen LogP contribution is -2.45. The number of carbonyl (C=O) groups excluding carboxylic acids is 1. The van der Waals surface area contributed by atoms with Gasteiger partial charge in [0.05, 0.1) is 24.5 Å². The molecule has 0 bridgehead atoms. The van der Waals surface area contributed by atoms with Gasteiger partial charge < -0.3 is 10.6 Å². The third-order valence-electron chi connectivity index (χ3n) is 5.89. The third-order valence-corrected chi connectivity index (χ3v) is 5.89. The lowest BCUT2D eigenvalue weighted by atomic mass is 10.1. The van der Waals surface area contributed by atoms with E-state index < -0.39 is 0 Å². The number of hydrogen-bond acceptors (Lipinski definition) is 4. The standard InChI is InChI=1S/C18H29N5O/c1-13-8-17-12-21(6-7-23(17)20-13)18(24)9-15-4-5-16(10-19)22(15)11-14-2-3-14/h8,14-16H,2-7,9-12,19H2,1H3/t15-,16+/m0/s1. The number of nitrogens with two attached hydrogens (primary N) is 1. The van der Waals surface area contributed by atoms with Crippen LogP contribution in [0.5, 0.6) is 0 Å². The van der Waals surface area contributed by atoms with Crippen LogP contribution in [0.3, 0.4) is 0 Å². The monoisotopic (exact) mass is 331 g/mol. The molecule has 24 heavy (non-hydrogen) atoms. The Hall–Kier alpha value is -1.40. The van der Waals surface area contributed by atoms with Crippen LogP contribution in [0.4, 0.5) is 0 Å². The maximum atomic E-state index is 12.9. The first-order valence-electron chi connectivity index (χ1n) is 9.41. The van der Waals surface area contributed by atoms with Crippen LogP contribution in [-0.2, 0) is 17.9 Å². The molecule has 1 amide bonds. The van der Waals surface area contributed by atoms with Gasteiger partial charge >= 0.3 is 0 Å². The molecule has 2 N–H and O–H groups in total. The van der Waals surface area contributed by atoms with Crippen LogP contribution in [0, 0.1) is 12.8 Å². The second-order valence-electron chi connectivity index (χ2n) is 7.78. The van der Waals surface area contributed by atoms with Crippen molar-refractivity contribution in [1.29, 1.82) is 0 Å². The molecule has 1 aliphatic carbocycles. The van der Waals surface area contributed by atoms with Crippen molar-refractivity contribution in [3.05, 3.63) is 17.5 Å². The number of fused-ring (bicyclic) bond motifs is 1. The van der Waals surface area contributed by atoms with Gasteiger partial charge in [0, 0.05) is 38.1 Å². The molecule has 2 fully saturated rings. The van der Waals surface area contributed by atoms with Crippen molar-refractivity contribution in [2.75, 3.05) is 19.6 Å². The van der Waals surface area contributed by atoms with Gasteiger partial charge in [0.15, 0.2) is 0 Å². The minimum atomic E-state index is 0.295. The Kier molecular flexibility index (Phi) is 4.35. The predicted octanol–water partition coefficient (Wildman–Crippen LogP) is 1.13. The molecule has 1 saturated carbocycles. The van der Waals surface area contributed by atoms with Crippen molar-refractivity contribution in [3.63, 3.8) is 0 Å². The second-order valence-corrected chi connectivity index (χ2v) is 7.78. The normalized spacial score (nSPS) is 27.5. The van der Waals surface area contributed by atoms with Crippen molar-refractivity contribution in [2.45, 2.75) is 64.2 Å². The Morgan fingerprint density at radius 2 is 2.04 bits per heavy atom. The van der Waals surface area contributed by atoms with E-state index in [0.717, 1.165) is 56.3 Å². The van der Waals surface area contributed by atoms with Gasteiger partial charge in [-0.1, -0.05) is 0 Å². The summed E-state index contributed by atoms with van der Waals surface area (Å²) in [6.07, 6.45) is 5.61. The fraction of sp³-hybridized carbons (Fsp3) is 0.778. The van der Waals surface area contributed by atoms with Crippen LogP contribution < -0.4 is 5.73 Å². The van der Waals surface area contributed by atoms with E-state index in [1.807, 2.05) is 16.5 Å². The lowest BCUT2D eigenvalue weighted by molar-refractivity contribution is -0.134. The fourth-order valence-electron chi connectivity index (χ4n) is 4.34. The third kappa shape index (κ3) is 3.22. The topological polar surface area (TPSA) is 67.4 Å². The lowest BCUT2D eigenvalue weighted by Gasteiger charge is -2.32. The highest BCUT2D eigenvalue weighted by Crippen LogP contribution is 2.35. The molecule has 1 aromatic rings. The molecule has 1 aromatic heterocycles. The minimum Gasteiger partial charge on any atom is -0.335 e. The molecule has 0 spiro atoms. The molecular formula is C18H29N5O. The number of aryl methyl sites for hydroxylation is 1. The first kappa shape index (κ1) is 16.1. The highest BCUT2D eigenvalue weighted by atomic mass is 16.2. The second kappa shape index (κ2) is 6.48. The summed E-state index contributed by atoms with van der Waals surface area (Å²) in [5.41, 5.74) is 8.16. The predicted molar refractivity (Wildman–Crippen MR) is 92.3 cm³/mol. The van der Waals surface area contributed by atoms with E-state index >= 15 is 0 Å². The number of carbonyl (C=O) groups is 1. The summed E-state index contributed by atoms with van der Waals surface area (Å²) in [5, 5.41) is 4.48. The molecule has 1 saturated heterocycles. The Balaban J connectivity index is 1.38. The van der Waals surface area contributed by atoms with Crippen molar-refractivity contribution in [1.82, 2.24) is 19.6 Å². The van der Waals surface area contributed by atoms with Gasteiger partial charge in [-0.15, -0.1) is 0 Å². The van der Waals surface area contributed by atoms with E-state index in [4.69, 9.17) is 5.73 Å². The van der Waals surface area contributed by atoms with Crippen LogP contribution in [0.15, 0.2) is 6.07 Å². The number of nitrogens with zero attached hydrogens (tertiary/aromatic N) is 4. The molecular weight excluding hydrogens is 302 g/mol. The van der Waals surface area contributed by atoms with Crippen molar-refractivity contribution in [3.8, 4) is 0 Å². The summed E-state index contributed by atoms with van der Waals surface area (Å²) in [6.45, 7) is 6.18. The summed E-state index contributed by atoms with van der Waals surface area (Å²) in [6, 6.07) is 2.97. The molecule has 2 atom stereocenters. The molecule has 0 radical (unpaired) electrons. The molecule has 2 aliphatic heterocycles. The SMILES string of the molecule is Cc1cc2n(n1)CCN(C(=O)C[C@@H]1CC[C@H](CN)N1CC1CC1)C2. The van der Waals surface area contributed by atoms with Gasteiger partial charge in [0.1, 0.15) is 0 Å². The summed E-state index contributed by atoms with van der Waals surface area (Å²) in [5.74, 6) is 1.14.